The molecule has 0 radical (unpaired) electrons. The molecule has 2 aromatic heterocycles. The van der Waals surface area contributed by atoms with Gasteiger partial charge in [-0.2, -0.15) is 0 Å². The number of nitrogens with zero attached hydrogens (tertiary/aromatic N) is 2. The smallest absolute Gasteiger partial charge is 0.272 e. The highest BCUT2D eigenvalue weighted by molar-refractivity contribution is 7.98. The average molecular weight is 319 g/mol. The normalized spacial score (nSPS) is 17.5. The molecule has 0 unspecified atom stereocenters. The van der Waals surface area contributed by atoms with Crippen LogP contribution in [0, 0.1) is 0 Å². The molecule has 2 aromatic rings. The number of amides is 1. The predicted molar refractivity (Wildman–Crippen MR) is 87.3 cm³/mol. The Kier molecular flexibility index (Phi) is 4.40. The lowest BCUT2D eigenvalue weighted by Crippen LogP contribution is -2.44. The van der Waals surface area contributed by atoms with Crippen LogP contribution in [0.15, 0.2) is 29.6 Å². The Morgan fingerprint density at radius 3 is 2.91 bits per heavy atom. The molecule has 0 saturated heterocycles. The lowest BCUT2D eigenvalue weighted by atomic mass is 9.85. The summed E-state index contributed by atoms with van der Waals surface area (Å²) in [6.07, 6.45) is 8.57. The zero-order valence-electron chi connectivity index (χ0n) is 12.7. The Morgan fingerprint density at radius 2 is 2.18 bits per heavy atom. The number of fused-ring (bicyclic) bond motifs is 1. The van der Waals surface area contributed by atoms with E-state index in [0.29, 0.717) is 12.2 Å². The molecule has 1 aliphatic carbocycles. The monoisotopic (exact) mass is 319 g/mol. The van der Waals surface area contributed by atoms with Crippen LogP contribution < -0.4 is 5.32 Å². The van der Waals surface area contributed by atoms with Crippen LogP contribution in [-0.4, -0.2) is 38.8 Å². The fourth-order valence-electron chi connectivity index (χ4n) is 3.04. The van der Waals surface area contributed by atoms with Gasteiger partial charge in [0.25, 0.3) is 5.91 Å². The fraction of sp³-hybridized carbons (Fsp3) is 0.500. The van der Waals surface area contributed by atoms with Crippen molar-refractivity contribution in [3.05, 3.63) is 30.1 Å². The highest BCUT2D eigenvalue weighted by Crippen LogP contribution is 2.27. The molecule has 22 heavy (non-hydrogen) atoms. The molecule has 6 heteroatoms. The molecule has 0 spiro atoms. The number of carbonyl (C=O) groups excluding carboxylic acids is 1. The van der Waals surface area contributed by atoms with Crippen LogP contribution >= 0.6 is 11.8 Å². The van der Waals surface area contributed by atoms with Gasteiger partial charge in [-0.3, -0.25) is 9.20 Å². The van der Waals surface area contributed by atoms with E-state index in [1.54, 1.807) is 0 Å². The summed E-state index contributed by atoms with van der Waals surface area (Å²) < 4.78 is 1.91. The number of pyridine rings is 1. The van der Waals surface area contributed by atoms with Crippen LogP contribution in [0.3, 0.4) is 0 Å². The molecule has 1 aliphatic rings. The van der Waals surface area contributed by atoms with E-state index in [1.807, 2.05) is 35.1 Å². The van der Waals surface area contributed by atoms with Crippen molar-refractivity contribution >= 4 is 23.2 Å². The molecule has 0 atom stereocenters. The van der Waals surface area contributed by atoms with Gasteiger partial charge in [0.05, 0.1) is 11.1 Å². The van der Waals surface area contributed by atoms with Crippen molar-refractivity contribution in [3.63, 3.8) is 0 Å². The molecule has 0 aliphatic heterocycles. The molecular weight excluding hydrogens is 298 g/mol. The topological polar surface area (TPSA) is 66.6 Å². The molecular formula is C16H21N3O2S. The summed E-state index contributed by atoms with van der Waals surface area (Å²) in [6, 6.07) is 5.70. The van der Waals surface area contributed by atoms with Crippen molar-refractivity contribution in [2.45, 2.75) is 42.9 Å². The van der Waals surface area contributed by atoms with Gasteiger partial charge in [0, 0.05) is 12.7 Å². The second kappa shape index (κ2) is 6.30. The standard InChI is InChI=1S/C16H21N3O2S/c1-22-15-18-13(12-7-3-6-10-19(12)15)14(20)17-11-16(21)8-4-2-5-9-16/h3,6-7,10,21H,2,4-5,8-9,11H2,1H3,(H,17,20). The van der Waals surface area contributed by atoms with Crippen molar-refractivity contribution < 1.29 is 9.90 Å². The summed E-state index contributed by atoms with van der Waals surface area (Å²) in [5, 5.41) is 14.1. The summed E-state index contributed by atoms with van der Waals surface area (Å²) in [7, 11) is 0. The minimum absolute atomic E-state index is 0.219. The van der Waals surface area contributed by atoms with E-state index in [-0.39, 0.29) is 5.91 Å². The Bertz CT molecular complexity index is 677. The lowest BCUT2D eigenvalue weighted by Gasteiger charge is -2.31. The first kappa shape index (κ1) is 15.4. The second-order valence-electron chi connectivity index (χ2n) is 5.87. The lowest BCUT2D eigenvalue weighted by molar-refractivity contribution is 0.00523. The predicted octanol–water partition coefficient (Wildman–Crippen LogP) is 2.48. The van der Waals surface area contributed by atoms with E-state index in [2.05, 4.69) is 10.3 Å². The van der Waals surface area contributed by atoms with Crippen LogP contribution in [0.5, 0.6) is 0 Å². The van der Waals surface area contributed by atoms with Gasteiger partial charge < -0.3 is 10.4 Å². The Labute approximate surface area is 134 Å². The van der Waals surface area contributed by atoms with Gasteiger partial charge in [-0.1, -0.05) is 37.1 Å². The molecule has 3 rings (SSSR count). The van der Waals surface area contributed by atoms with Crippen molar-refractivity contribution in [2.24, 2.45) is 0 Å². The van der Waals surface area contributed by atoms with Gasteiger partial charge in [-0.25, -0.2) is 4.98 Å². The van der Waals surface area contributed by atoms with Gasteiger partial charge in [-0.05, 0) is 31.2 Å². The molecule has 118 valence electrons. The third-order valence-electron chi connectivity index (χ3n) is 4.28. The van der Waals surface area contributed by atoms with Crippen LogP contribution in [0.25, 0.3) is 5.52 Å². The quantitative estimate of drug-likeness (QED) is 0.850. The van der Waals surface area contributed by atoms with E-state index in [1.165, 1.54) is 18.2 Å². The Hall–Kier alpha value is -1.53. The third kappa shape index (κ3) is 2.98. The summed E-state index contributed by atoms with van der Waals surface area (Å²) in [4.78, 5) is 16.9. The molecule has 0 bridgehead atoms. The zero-order valence-corrected chi connectivity index (χ0v) is 13.5. The largest absolute Gasteiger partial charge is 0.388 e. The number of hydrogen-bond donors (Lipinski definition) is 2. The first-order valence-electron chi connectivity index (χ1n) is 7.65. The molecule has 0 aromatic carbocycles. The molecule has 1 saturated carbocycles. The SMILES string of the molecule is CSc1nc(C(=O)NCC2(O)CCCCC2)c2ccccn12. The van der Waals surface area contributed by atoms with Crippen molar-refractivity contribution in [1.82, 2.24) is 14.7 Å². The van der Waals surface area contributed by atoms with E-state index in [4.69, 9.17) is 0 Å². The number of rotatable bonds is 4. The minimum Gasteiger partial charge on any atom is -0.388 e. The van der Waals surface area contributed by atoms with Crippen LogP contribution in [0.1, 0.15) is 42.6 Å². The molecule has 1 fully saturated rings. The summed E-state index contributed by atoms with van der Waals surface area (Å²) in [5.41, 5.74) is 0.454. The van der Waals surface area contributed by atoms with Gasteiger partial charge in [-0.15, -0.1) is 0 Å². The molecule has 2 heterocycles. The highest BCUT2D eigenvalue weighted by atomic mass is 32.2. The second-order valence-corrected chi connectivity index (χ2v) is 6.64. The third-order valence-corrected chi connectivity index (χ3v) is 4.93. The highest BCUT2D eigenvalue weighted by Gasteiger charge is 2.30. The van der Waals surface area contributed by atoms with Crippen molar-refractivity contribution in [3.8, 4) is 0 Å². The van der Waals surface area contributed by atoms with Crippen molar-refractivity contribution in [2.75, 3.05) is 12.8 Å². The first-order chi connectivity index (χ1) is 10.6. The van der Waals surface area contributed by atoms with Gasteiger partial charge in [0.2, 0.25) is 0 Å². The van der Waals surface area contributed by atoms with Crippen LogP contribution in [-0.2, 0) is 0 Å². The van der Waals surface area contributed by atoms with Crippen LogP contribution in [0.2, 0.25) is 0 Å². The number of carbonyl (C=O) groups is 1. The molecule has 1 amide bonds. The van der Waals surface area contributed by atoms with E-state index in [9.17, 15) is 9.90 Å². The van der Waals surface area contributed by atoms with Gasteiger partial charge >= 0.3 is 0 Å². The van der Waals surface area contributed by atoms with E-state index >= 15 is 0 Å². The Balaban J connectivity index is 1.78. The van der Waals surface area contributed by atoms with Crippen LogP contribution in [0.4, 0.5) is 0 Å². The number of aliphatic hydroxyl groups is 1. The molecule has 5 nitrogen and oxygen atoms in total. The maximum absolute atomic E-state index is 12.5. The van der Waals surface area contributed by atoms with E-state index in [0.717, 1.165) is 36.4 Å². The maximum Gasteiger partial charge on any atom is 0.272 e. The molecule has 2 N–H and O–H groups in total. The van der Waals surface area contributed by atoms with Gasteiger partial charge in [0.1, 0.15) is 0 Å². The number of imidazole rings is 1. The Morgan fingerprint density at radius 1 is 1.41 bits per heavy atom. The zero-order chi connectivity index (χ0) is 15.6. The average Bonchev–Trinajstić information content (AvgIpc) is 2.92. The summed E-state index contributed by atoms with van der Waals surface area (Å²) >= 11 is 1.50. The number of hydrogen-bond acceptors (Lipinski definition) is 4. The number of thioether (sulfide) groups is 1. The van der Waals surface area contributed by atoms with Gasteiger partial charge in [0.15, 0.2) is 10.9 Å². The summed E-state index contributed by atoms with van der Waals surface area (Å²) in [5.74, 6) is -0.219. The van der Waals surface area contributed by atoms with Crippen molar-refractivity contribution in [1.29, 1.82) is 0 Å². The first-order valence-corrected chi connectivity index (χ1v) is 8.87. The fourth-order valence-corrected chi connectivity index (χ4v) is 3.57. The van der Waals surface area contributed by atoms with E-state index < -0.39 is 5.60 Å². The number of aromatic nitrogens is 2. The minimum atomic E-state index is -0.758. The summed E-state index contributed by atoms with van der Waals surface area (Å²) in [6.45, 7) is 0.298. The maximum atomic E-state index is 12.5. The number of nitrogens with one attached hydrogen (secondary N) is 1.